The molecule has 0 atom stereocenters. The van der Waals surface area contributed by atoms with Crippen molar-refractivity contribution in [3.8, 4) is 5.69 Å². The fourth-order valence-electron chi connectivity index (χ4n) is 3.12. The highest BCUT2D eigenvalue weighted by atomic mass is 19.1. The highest BCUT2D eigenvalue weighted by Gasteiger charge is 2.19. The van der Waals surface area contributed by atoms with Gasteiger partial charge in [-0.25, -0.2) is 9.07 Å². The van der Waals surface area contributed by atoms with Crippen LogP contribution in [0.4, 0.5) is 15.8 Å². The maximum atomic E-state index is 13.9. The van der Waals surface area contributed by atoms with E-state index in [0.717, 1.165) is 31.6 Å². The van der Waals surface area contributed by atoms with Crippen molar-refractivity contribution in [3.63, 3.8) is 0 Å². The summed E-state index contributed by atoms with van der Waals surface area (Å²) in [5, 5.41) is 14.0. The van der Waals surface area contributed by atoms with Gasteiger partial charge in [-0.05, 0) is 53.6 Å². The number of hydrogen-bond acceptors (Lipinski definition) is 5. The number of nitrogens with zero attached hydrogens (tertiary/aromatic N) is 5. The summed E-state index contributed by atoms with van der Waals surface area (Å²) in [6.45, 7) is 1.85. The van der Waals surface area contributed by atoms with Crippen LogP contribution in [0.3, 0.4) is 0 Å². The molecule has 2 heterocycles. The van der Waals surface area contributed by atoms with E-state index in [1.54, 1.807) is 18.2 Å². The fourth-order valence-corrected chi connectivity index (χ4v) is 3.12. The standard InChI is InChI=1S/C18H17FN6O/c19-15-6-2-1-5-14(15)18(26)21-16-11-13(25-12-20-22-23-25)7-8-17(16)24-9-3-4-10-24/h1-2,5-8,11-12H,3-4,9-10H2,(H,21,26). The Morgan fingerprint density at radius 2 is 1.92 bits per heavy atom. The van der Waals surface area contributed by atoms with Gasteiger partial charge < -0.3 is 10.2 Å². The van der Waals surface area contributed by atoms with Gasteiger partial charge in [0.2, 0.25) is 0 Å². The van der Waals surface area contributed by atoms with Gasteiger partial charge in [0.05, 0.1) is 22.6 Å². The lowest BCUT2D eigenvalue weighted by Crippen LogP contribution is -2.22. The van der Waals surface area contributed by atoms with Crippen LogP contribution in [-0.2, 0) is 0 Å². The zero-order valence-electron chi connectivity index (χ0n) is 14.0. The van der Waals surface area contributed by atoms with Crippen molar-refractivity contribution < 1.29 is 9.18 Å². The number of amides is 1. The molecule has 0 aliphatic carbocycles. The Bertz CT molecular complexity index is 921. The molecule has 1 aliphatic rings. The molecule has 2 aromatic carbocycles. The normalized spacial score (nSPS) is 13.8. The Labute approximate surface area is 149 Å². The van der Waals surface area contributed by atoms with Crippen LogP contribution in [0.15, 0.2) is 48.8 Å². The first-order chi connectivity index (χ1) is 12.7. The Morgan fingerprint density at radius 3 is 2.65 bits per heavy atom. The predicted octanol–water partition coefficient (Wildman–Crippen LogP) is 2.65. The number of carbonyl (C=O) groups is 1. The molecule has 26 heavy (non-hydrogen) atoms. The lowest BCUT2D eigenvalue weighted by molar-refractivity contribution is 0.102. The Kier molecular flexibility index (Phi) is 4.30. The molecule has 4 rings (SSSR count). The fraction of sp³-hybridized carbons (Fsp3) is 0.222. The van der Waals surface area contributed by atoms with Gasteiger partial charge in [-0.1, -0.05) is 12.1 Å². The molecule has 0 saturated carbocycles. The monoisotopic (exact) mass is 352 g/mol. The Morgan fingerprint density at radius 1 is 1.12 bits per heavy atom. The van der Waals surface area contributed by atoms with Gasteiger partial charge in [-0.3, -0.25) is 4.79 Å². The first-order valence-corrected chi connectivity index (χ1v) is 8.40. The molecular weight excluding hydrogens is 335 g/mol. The highest BCUT2D eigenvalue weighted by Crippen LogP contribution is 2.31. The molecule has 0 radical (unpaired) electrons. The lowest BCUT2D eigenvalue weighted by atomic mass is 10.1. The second-order valence-corrected chi connectivity index (χ2v) is 6.08. The third-order valence-electron chi connectivity index (χ3n) is 4.41. The zero-order chi connectivity index (χ0) is 17.9. The second-order valence-electron chi connectivity index (χ2n) is 6.08. The maximum Gasteiger partial charge on any atom is 0.258 e. The number of anilines is 2. The molecule has 1 aliphatic heterocycles. The SMILES string of the molecule is O=C(Nc1cc(-n2cnnn2)ccc1N1CCCC1)c1ccccc1F. The summed E-state index contributed by atoms with van der Waals surface area (Å²) in [4.78, 5) is 14.8. The third kappa shape index (κ3) is 3.13. The van der Waals surface area contributed by atoms with Gasteiger partial charge in [0.25, 0.3) is 5.91 Å². The van der Waals surface area contributed by atoms with Crippen LogP contribution in [0.1, 0.15) is 23.2 Å². The largest absolute Gasteiger partial charge is 0.370 e. The van der Waals surface area contributed by atoms with Crippen LogP contribution < -0.4 is 10.2 Å². The number of benzene rings is 2. The average molecular weight is 352 g/mol. The first kappa shape index (κ1) is 16.2. The molecule has 7 nitrogen and oxygen atoms in total. The van der Waals surface area contributed by atoms with E-state index in [0.29, 0.717) is 11.4 Å². The first-order valence-electron chi connectivity index (χ1n) is 8.40. The summed E-state index contributed by atoms with van der Waals surface area (Å²) in [5.41, 5.74) is 2.23. The minimum Gasteiger partial charge on any atom is -0.370 e. The minimum absolute atomic E-state index is 0.00713. The highest BCUT2D eigenvalue weighted by molar-refractivity contribution is 6.06. The summed E-state index contributed by atoms with van der Waals surface area (Å²) < 4.78 is 15.5. The van der Waals surface area contributed by atoms with E-state index in [2.05, 4.69) is 25.7 Å². The molecule has 1 fully saturated rings. The summed E-state index contributed by atoms with van der Waals surface area (Å²) in [7, 11) is 0. The van der Waals surface area contributed by atoms with Gasteiger partial charge in [0.15, 0.2) is 0 Å². The van der Waals surface area contributed by atoms with Crippen molar-refractivity contribution in [2.45, 2.75) is 12.8 Å². The Hall–Kier alpha value is -3.29. The topological polar surface area (TPSA) is 75.9 Å². The van der Waals surface area contributed by atoms with Crippen molar-refractivity contribution in [2.24, 2.45) is 0 Å². The van der Waals surface area contributed by atoms with Crippen molar-refractivity contribution in [2.75, 3.05) is 23.3 Å². The number of hydrogen-bond donors (Lipinski definition) is 1. The maximum absolute atomic E-state index is 13.9. The minimum atomic E-state index is -0.552. The molecule has 0 bridgehead atoms. The van der Waals surface area contributed by atoms with Crippen LogP contribution in [0.25, 0.3) is 5.69 Å². The number of carbonyl (C=O) groups excluding carboxylic acids is 1. The molecule has 1 N–H and O–H groups in total. The average Bonchev–Trinajstić information content (AvgIpc) is 3.36. The molecule has 3 aromatic rings. The molecule has 8 heteroatoms. The summed E-state index contributed by atoms with van der Waals surface area (Å²) in [6.07, 6.45) is 3.69. The van der Waals surface area contributed by atoms with Gasteiger partial charge in [0, 0.05) is 13.1 Å². The van der Waals surface area contributed by atoms with E-state index in [4.69, 9.17) is 0 Å². The van der Waals surface area contributed by atoms with Gasteiger partial charge >= 0.3 is 0 Å². The number of aromatic nitrogens is 4. The second kappa shape index (κ2) is 6.91. The molecule has 1 amide bonds. The van der Waals surface area contributed by atoms with Crippen molar-refractivity contribution in [1.82, 2.24) is 20.2 Å². The zero-order valence-corrected chi connectivity index (χ0v) is 14.0. The van der Waals surface area contributed by atoms with Crippen molar-refractivity contribution in [1.29, 1.82) is 0 Å². The van der Waals surface area contributed by atoms with Gasteiger partial charge in [0.1, 0.15) is 12.1 Å². The predicted molar refractivity (Wildman–Crippen MR) is 95.0 cm³/mol. The van der Waals surface area contributed by atoms with Crippen LogP contribution in [0, 0.1) is 5.82 Å². The number of tetrazole rings is 1. The summed E-state index contributed by atoms with van der Waals surface area (Å²) in [5.74, 6) is -1.04. The summed E-state index contributed by atoms with van der Waals surface area (Å²) >= 11 is 0. The molecule has 1 saturated heterocycles. The van der Waals surface area contributed by atoms with Crippen LogP contribution in [0.2, 0.25) is 0 Å². The van der Waals surface area contributed by atoms with E-state index < -0.39 is 11.7 Å². The third-order valence-corrected chi connectivity index (χ3v) is 4.41. The lowest BCUT2D eigenvalue weighted by Gasteiger charge is -2.22. The van der Waals surface area contributed by atoms with Crippen LogP contribution in [0.5, 0.6) is 0 Å². The number of nitrogens with one attached hydrogen (secondary N) is 1. The smallest absolute Gasteiger partial charge is 0.258 e. The van der Waals surface area contributed by atoms with Crippen LogP contribution >= 0.6 is 0 Å². The van der Waals surface area contributed by atoms with E-state index in [-0.39, 0.29) is 5.56 Å². The number of halogens is 1. The molecule has 0 unspecified atom stereocenters. The van der Waals surface area contributed by atoms with E-state index in [1.165, 1.54) is 23.1 Å². The van der Waals surface area contributed by atoms with E-state index in [1.807, 2.05) is 12.1 Å². The van der Waals surface area contributed by atoms with Crippen LogP contribution in [-0.4, -0.2) is 39.2 Å². The van der Waals surface area contributed by atoms with Crippen molar-refractivity contribution in [3.05, 3.63) is 60.2 Å². The molecule has 1 aromatic heterocycles. The van der Waals surface area contributed by atoms with E-state index in [9.17, 15) is 9.18 Å². The quantitative estimate of drug-likeness (QED) is 0.781. The van der Waals surface area contributed by atoms with Gasteiger partial charge in [-0.2, -0.15) is 0 Å². The van der Waals surface area contributed by atoms with E-state index >= 15 is 0 Å². The Balaban J connectivity index is 1.70. The van der Waals surface area contributed by atoms with Gasteiger partial charge in [-0.15, -0.1) is 5.10 Å². The van der Waals surface area contributed by atoms with Crippen molar-refractivity contribution >= 4 is 17.3 Å². The molecule has 0 spiro atoms. The summed E-state index contributed by atoms with van der Waals surface area (Å²) in [6, 6.07) is 11.5. The number of rotatable bonds is 4. The molecule has 132 valence electrons. The molecular formula is C18H17FN6O.